The van der Waals surface area contributed by atoms with E-state index in [9.17, 15) is 0 Å². The van der Waals surface area contributed by atoms with E-state index in [1.165, 1.54) is 0 Å². The van der Waals surface area contributed by atoms with Gasteiger partial charge in [0.25, 0.3) is 0 Å². The predicted molar refractivity (Wildman–Crippen MR) is 56.7 cm³/mol. The fraction of sp³-hybridized carbons (Fsp3) is 1.00. The Labute approximate surface area is 82.9 Å². The van der Waals surface area contributed by atoms with E-state index in [4.69, 9.17) is 4.74 Å². The van der Waals surface area contributed by atoms with Gasteiger partial charge in [0.15, 0.2) is 0 Å². The lowest BCUT2D eigenvalue weighted by atomic mass is 9.74. The zero-order valence-electron chi connectivity index (χ0n) is 9.87. The molecule has 1 heteroatoms. The Hall–Kier alpha value is -0.0400. The van der Waals surface area contributed by atoms with Crippen molar-refractivity contribution in [1.29, 1.82) is 0 Å². The molecule has 0 amide bonds. The number of hydrogen-bond donors (Lipinski definition) is 0. The van der Waals surface area contributed by atoms with Crippen LogP contribution in [0.4, 0.5) is 0 Å². The van der Waals surface area contributed by atoms with Crippen molar-refractivity contribution in [2.75, 3.05) is 0 Å². The molecule has 0 saturated carbocycles. The van der Waals surface area contributed by atoms with Gasteiger partial charge in [-0.15, -0.1) is 0 Å². The van der Waals surface area contributed by atoms with Crippen LogP contribution < -0.4 is 0 Å². The van der Waals surface area contributed by atoms with Crippen molar-refractivity contribution in [2.45, 2.75) is 53.8 Å². The molecular weight excluding hydrogens is 160 g/mol. The second-order valence-corrected chi connectivity index (χ2v) is 5.13. The fourth-order valence-corrected chi connectivity index (χ4v) is 2.47. The number of hydrogen-bond acceptors (Lipinski definition) is 1. The zero-order chi connectivity index (χ0) is 10.2. The molecule has 78 valence electrons. The van der Waals surface area contributed by atoms with Crippen LogP contribution in [0, 0.1) is 23.7 Å². The van der Waals surface area contributed by atoms with Gasteiger partial charge in [-0.3, -0.25) is 0 Å². The molecule has 1 nitrogen and oxygen atoms in total. The van der Waals surface area contributed by atoms with Gasteiger partial charge in [-0.25, -0.2) is 0 Å². The van der Waals surface area contributed by atoms with Crippen molar-refractivity contribution in [3.63, 3.8) is 0 Å². The molecule has 1 fully saturated rings. The van der Waals surface area contributed by atoms with Crippen LogP contribution in [-0.2, 0) is 4.74 Å². The highest BCUT2D eigenvalue weighted by Crippen LogP contribution is 2.37. The molecular formula is C12H24O. The molecule has 0 unspecified atom stereocenters. The van der Waals surface area contributed by atoms with Crippen molar-refractivity contribution in [1.82, 2.24) is 0 Å². The average molecular weight is 184 g/mol. The van der Waals surface area contributed by atoms with Gasteiger partial charge in [-0.2, -0.15) is 0 Å². The third-order valence-electron chi connectivity index (χ3n) is 3.95. The van der Waals surface area contributed by atoms with Gasteiger partial charge in [0.05, 0.1) is 12.2 Å². The molecule has 0 aromatic carbocycles. The van der Waals surface area contributed by atoms with E-state index in [1.54, 1.807) is 0 Å². The monoisotopic (exact) mass is 184 g/mol. The summed E-state index contributed by atoms with van der Waals surface area (Å²) < 4.78 is 6.04. The van der Waals surface area contributed by atoms with E-state index in [-0.39, 0.29) is 0 Å². The predicted octanol–water partition coefficient (Wildman–Crippen LogP) is 3.34. The number of rotatable bonds is 1. The van der Waals surface area contributed by atoms with Gasteiger partial charge in [-0.1, -0.05) is 34.6 Å². The Kier molecular flexibility index (Phi) is 3.39. The van der Waals surface area contributed by atoms with Crippen LogP contribution in [0.2, 0.25) is 0 Å². The maximum Gasteiger partial charge on any atom is 0.0629 e. The highest BCUT2D eigenvalue weighted by molar-refractivity contribution is 4.85. The van der Waals surface area contributed by atoms with E-state index in [2.05, 4.69) is 41.5 Å². The highest BCUT2D eigenvalue weighted by atomic mass is 16.5. The van der Waals surface area contributed by atoms with Crippen molar-refractivity contribution >= 4 is 0 Å². The minimum absolute atomic E-state index is 0.429. The van der Waals surface area contributed by atoms with Gasteiger partial charge in [-0.05, 0) is 30.6 Å². The van der Waals surface area contributed by atoms with E-state index >= 15 is 0 Å². The van der Waals surface area contributed by atoms with Gasteiger partial charge in [0, 0.05) is 0 Å². The minimum Gasteiger partial charge on any atom is -0.374 e. The molecule has 1 saturated heterocycles. The van der Waals surface area contributed by atoms with Crippen LogP contribution in [0.1, 0.15) is 41.5 Å². The van der Waals surface area contributed by atoms with Gasteiger partial charge < -0.3 is 4.74 Å². The average Bonchev–Trinajstić information content (AvgIpc) is 2.07. The molecule has 5 atom stereocenters. The second-order valence-electron chi connectivity index (χ2n) is 5.13. The Balaban J connectivity index is 2.70. The second kappa shape index (κ2) is 4.00. The van der Waals surface area contributed by atoms with E-state index in [1.807, 2.05) is 0 Å². The van der Waals surface area contributed by atoms with E-state index in [0.29, 0.717) is 30.0 Å². The molecule has 0 radical (unpaired) electrons. The highest BCUT2D eigenvalue weighted by Gasteiger charge is 2.37. The first-order valence-electron chi connectivity index (χ1n) is 5.60. The maximum absolute atomic E-state index is 6.04. The van der Waals surface area contributed by atoms with Crippen molar-refractivity contribution < 1.29 is 4.74 Å². The normalized spacial score (nSPS) is 46.8. The summed E-state index contributed by atoms with van der Waals surface area (Å²) in [7, 11) is 0. The summed E-state index contributed by atoms with van der Waals surface area (Å²) in [4.78, 5) is 0. The van der Waals surface area contributed by atoms with Crippen LogP contribution in [0.3, 0.4) is 0 Å². The van der Waals surface area contributed by atoms with Gasteiger partial charge >= 0.3 is 0 Å². The molecule has 1 aliphatic heterocycles. The third-order valence-corrected chi connectivity index (χ3v) is 3.95. The van der Waals surface area contributed by atoms with Crippen LogP contribution in [-0.4, -0.2) is 12.2 Å². The lowest BCUT2D eigenvalue weighted by Crippen LogP contribution is -2.45. The molecule has 13 heavy (non-hydrogen) atoms. The topological polar surface area (TPSA) is 9.23 Å². The first-order chi connectivity index (χ1) is 5.95. The quantitative estimate of drug-likeness (QED) is 0.607. The molecule has 0 aliphatic carbocycles. The Morgan fingerprint density at radius 1 is 0.846 bits per heavy atom. The van der Waals surface area contributed by atoms with Crippen molar-refractivity contribution in [3.05, 3.63) is 0 Å². The van der Waals surface area contributed by atoms with Crippen molar-refractivity contribution in [2.24, 2.45) is 23.7 Å². The van der Waals surface area contributed by atoms with Crippen LogP contribution >= 0.6 is 0 Å². The van der Waals surface area contributed by atoms with Crippen molar-refractivity contribution in [3.8, 4) is 0 Å². The van der Waals surface area contributed by atoms with Crippen LogP contribution in [0.5, 0.6) is 0 Å². The van der Waals surface area contributed by atoms with Gasteiger partial charge in [0.2, 0.25) is 0 Å². The molecule has 0 spiro atoms. The first kappa shape index (κ1) is 11.0. The summed E-state index contributed by atoms with van der Waals surface area (Å²) in [6.07, 6.45) is 0.889. The van der Waals surface area contributed by atoms with Crippen LogP contribution in [0.15, 0.2) is 0 Å². The number of ether oxygens (including phenoxy) is 1. The molecule has 0 aromatic heterocycles. The summed E-state index contributed by atoms with van der Waals surface area (Å²) >= 11 is 0. The fourth-order valence-electron chi connectivity index (χ4n) is 2.47. The standard InChI is InChI=1S/C12H24O/c1-7(2)12-10(5)8(3)9(4)11(6)13-12/h7-12H,1-6H3/t8-,9-,10-,11+,12-/m0/s1. The molecule has 1 aliphatic rings. The van der Waals surface area contributed by atoms with Crippen LogP contribution in [0.25, 0.3) is 0 Å². The summed E-state index contributed by atoms with van der Waals surface area (Å²) in [5.74, 6) is 2.83. The summed E-state index contributed by atoms with van der Waals surface area (Å²) in [6.45, 7) is 13.7. The third kappa shape index (κ3) is 2.07. The Morgan fingerprint density at radius 3 is 1.85 bits per heavy atom. The lowest BCUT2D eigenvalue weighted by Gasteiger charge is -2.44. The summed E-state index contributed by atoms with van der Waals surface area (Å²) in [5, 5.41) is 0. The Bertz CT molecular complexity index is 165. The van der Waals surface area contributed by atoms with Gasteiger partial charge in [0.1, 0.15) is 0 Å². The van der Waals surface area contributed by atoms with E-state index < -0.39 is 0 Å². The maximum atomic E-state index is 6.04. The molecule has 0 N–H and O–H groups in total. The lowest BCUT2D eigenvalue weighted by molar-refractivity contribution is -0.141. The molecule has 1 rings (SSSR count). The molecule has 0 bridgehead atoms. The summed E-state index contributed by atoms with van der Waals surface area (Å²) in [6, 6.07) is 0. The summed E-state index contributed by atoms with van der Waals surface area (Å²) in [5.41, 5.74) is 0. The largest absolute Gasteiger partial charge is 0.374 e. The first-order valence-corrected chi connectivity index (χ1v) is 5.60. The van der Waals surface area contributed by atoms with E-state index in [0.717, 1.165) is 5.92 Å². The molecule has 0 aromatic rings. The zero-order valence-corrected chi connectivity index (χ0v) is 9.87. The SMILES string of the molecule is CC(C)[C@@H]1O[C@H](C)[C@@H](C)[C@H](C)[C@@H]1C. The minimum atomic E-state index is 0.429. The smallest absolute Gasteiger partial charge is 0.0629 e. The molecule has 1 heterocycles. The Morgan fingerprint density at radius 2 is 1.38 bits per heavy atom.